The van der Waals surface area contributed by atoms with Gasteiger partial charge in [-0.3, -0.25) is 9.59 Å². The van der Waals surface area contributed by atoms with E-state index in [1.54, 1.807) is 25.3 Å². The molecule has 0 unspecified atom stereocenters. The van der Waals surface area contributed by atoms with E-state index >= 15 is 0 Å². The summed E-state index contributed by atoms with van der Waals surface area (Å²) in [5, 5.41) is 0. The van der Waals surface area contributed by atoms with E-state index in [2.05, 4.69) is 0 Å². The first-order valence-electron chi connectivity index (χ1n) is 8.99. The average molecular weight is 369 g/mol. The number of carbonyl (C=O) groups is 2. The first kappa shape index (κ1) is 17.7. The van der Waals surface area contributed by atoms with E-state index in [-0.39, 0.29) is 11.8 Å². The quantitative estimate of drug-likeness (QED) is 0.495. The van der Waals surface area contributed by atoms with Gasteiger partial charge in [0.2, 0.25) is 0 Å². The fourth-order valence-corrected chi connectivity index (χ4v) is 3.29. The Kier molecular flexibility index (Phi) is 4.53. The Balaban J connectivity index is 1.85. The lowest BCUT2D eigenvalue weighted by Gasteiger charge is -2.28. The molecule has 4 nitrogen and oxygen atoms in total. The molecule has 0 atom stereocenters. The maximum Gasteiger partial charge on any atom is 0.265 e. The molecule has 1 aliphatic rings. The highest BCUT2D eigenvalue weighted by molar-refractivity contribution is 6.43. The van der Waals surface area contributed by atoms with Crippen molar-refractivity contribution in [1.82, 2.24) is 0 Å². The van der Waals surface area contributed by atoms with Crippen molar-refractivity contribution in [3.63, 3.8) is 0 Å². The molecule has 0 fully saturated rings. The Morgan fingerprint density at radius 1 is 0.786 bits per heavy atom. The predicted molar refractivity (Wildman–Crippen MR) is 110 cm³/mol. The van der Waals surface area contributed by atoms with E-state index in [1.165, 1.54) is 4.90 Å². The molecule has 4 heteroatoms. The summed E-state index contributed by atoms with van der Waals surface area (Å²) in [7, 11) is 1.61. The summed E-state index contributed by atoms with van der Waals surface area (Å²) in [6.07, 6.45) is 1.81. The molecule has 1 heterocycles. The van der Waals surface area contributed by atoms with Crippen molar-refractivity contribution in [1.29, 1.82) is 0 Å². The summed E-state index contributed by atoms with van der Waals surface area (Å²) in [5.41, 5.74) is 4.14. The van der Waals surface area contributed by atoms with Gasteiger partial charge in [0.1, 0.15) is 5.75 Å². The van der Waals surface area contributed by atoms with Crippen LogP contribution in [0.15, 0.2) is 72.8 Å². The second kappa shape index (κ2) is 7.16. The van der Waals surface area contributed by atoms with Gasteiger partial charge < -0.3 is 4.74 Å². The van der Waals surface area contributed by atoms with Crippen LogP contribution in [0.3, 0.4) is 0 Å². The fourth-order valence-electron chi connectivity index (χ4n) is 3.29. The van der Waals surface area contributed by atoms with E-state index in [1.807, 2.05) is 67.6 Å². The summed E-state index contributed by atoms with van der Waals surface area (Å²) < 4.78 is 5.19. The van der Waals surface area contributed by atoms with Crippen molar-refractivity contribution >= 4 is 29.2 Å². The highest BCUT2D eigenvalue weighted by atomic mass is 16.5. The van der Waals surface area contributed by atoms with Crippen LogP contribution in [0, 0.1) is 6.92 Å². The second-order valence-electron chi connectivity index (χ2n) is 6.66. The van der Waals surface area contributed by atoms with Crippen LogP contribution in [0.25, 0.3) is 11.6 Å². The van der Waals surface area contributed by atoms with E-state index in [0.717, 1.165) is 16.9 Å². The van der Waals surface area contributed by atoms with Gasteiger partial charge in [0, 0.05) is 11.1 Å². The summed E-state index contributed by atoms with van der Waals surface area (Å²) >= 11 is 0. The van der Waals surface area contributed by atoms with Crippen molar-refractivity contribution in [2.75, 3.05) is 12.0 Å². The molecule has 3 aromatic rings. The van der Waals surface area contributed by atoms with Gasteiger partial charge in [-0.25, -0.2) is 4.90 Å². The molecule has 0 saturated heterocycles. The normalized spacial score (nSPS) is 14.9. The van der Waals surface area contributed by atoms with Gasteiger partial charge in [0.15, 0.2) is 0 Å². The number of rotatable bonds is 3. The molecule has 0 spiro atoms. The number of benzene rings is 3. The van der Waals surface area contributed by atoms with Crippen molar-refractivity contribution in [2.24, 2.45) is 0 Å². The number of ether oxygens (including phenoxy) is 1. The van der Waals surface area contributed by atoms with E-state index in [0.29, 0.717) is 22.4 Å². The monoisotopic (exact) mass is 369 g/mol. The van der Waals surface area contributed by atoms with E-state index in [9.17, 15) is 9.59 Å². The number of hydrogen-bond donors (Lipinski definition) is 0. The van der Waals surface area contributed by atoms with Gasteiger partial charge in [0.05, 0.1) is 12.8 Å². The first-order chi connectivity index (χ1) is 13.6. The second-order valence-corrected chi connectivity index (χ2v) is 6.66. The number of aryl methyl sites for hydroxylation is 1. The summed E-state index contributed by atoms with van der Waals surface area (Å²) in [6, 6.07) is 22.0. The highest BCUT2D eigenvalue weighted by Gasteiger charge is 2.35. The van der Waals surface area contributed by atoms with Crippen LogP contribution < -0.4 is 9.64 Å². The Morgan fingerprint density at radius 3 is 2.07 bits per heavy atom. The van der Waals surface area contributed by atoms with Crippen LogP contribution in [-0.2, 0) is 4.79 Å². The van der Waals surface area contributed by atoms with Crippen molar-refractivity contribution in [3.8, 4) is 5.75 Å². The SMILES string of the molecule is COc1ccc(C=C2C(=O)N(c3ccc(C)cc3)C(=O)c3ccccc32)cc1. The molecule has 0 bridgehead atoms. The summed E-state index contributed by atoms with van der Waals surface area (Å²) in [5.74, 6) is 0.105. The minimum atomic E-state index is -0.330. The van der Waals surface area contributed by atoms with Crippen LogP contribution in [0.2, 0.25) is 0 Å². The third kappa shape index (κ3) is 3.09. The third-order valence-electron chi connectivity index (χ3n) is 4.80. The summed E-state index contributed by atoms with van der Waals surface area (Å²) in [4.78, 5) is 27.6. The van der Waals surface area contributed by atoms with Gasteiger partial charge in [-0.1, -0.05) is 48.0 Å². The summed E-state index contributed by atoms with van der Waals surface area (Å²) in [6.45, 7) is 1.97. The number of imide groups is 1. The van der Waals surface area contributed by atoms with Crippen LogP contribution in [0.5, 0.6) is 5.75 Å². The number of fused-ring (bicyclic) bond motifs is 1. The van der Waals surface area contributed by atoms with Gasteiger partial charge in [-0.05, 0) is 54.5 Å². The zero-order chi connectivity index (χ0) is 19.7. The number of amides is 2. The third-order valence-corrected chi connectivity index (χ3v) is 4.80. The van der Waals surface area contributed by atoms with Gasteiger partial charge in [0.25, 0.3) is 11.8 Å². The smallest absolute Gasteiger partial charge is 0.265 e. The highest BCUT2D eigenvalue weighted by Crippen LogP contribution is 2.33. The molecule has 0 aromatic heterocycles. The molecule has 0 saturated carbocycles. The zero-order valence-electron chi connectivity index (χ0n) is 15.7. The van der Waals surface area contributed by atoms with Crippen LogP contribution in [0.1, 0.15) is 27.0 Å². The minimum Gasteiger partial charge on any atom is -0.497 e. The molecule has 0 aliphatic carbocycles. The Hall–Kier alpha value is -3.66. The van der Waals surface area contributed by atoms with Crippen molar-refractivity contribution in [2.45, 2.75) is 6.92 Å². The zero-order valence-corrected chi connectivity index (χ0v) is 15.7. The molecular formula is C24H19NO3. The molecular weight excluding hydrogens is 350 g/mol. The number of carbonyl (C=O) groups excluding carboxylic acids is 2. The lowest BCUT2D eigenvalue weighted by molar-refractivity contribution is -0.112. The lowest BCUT2D eigenvalue weighted by atomic mass is 9.91. The fraction of sp³-hybridized carbons (Fsp3) is 0.0833. The molecule has 4 rings (SSSR count). The maximum atomic E-state index is 13.3. The van der Waals surface area contributed by atoms with Gasteiger partial charge >= 0.3 is 0 Å². The molecule has 1 aliphatic heterocycles. The largest absolute Gasteiger partial charge is 0.497 e. The van der Waals surface area contributed by atoms with Crippen LogP contribution >= 0.6 is 0 Å². The van der Waals surface area contributed by atoms with Crippen LogP contribution in [0.4, 0.5) is 5.69 Å². The standard InChI is InChI=1S/C24H19NO3/c1-16-7-11-18(12-8-16)25-23(26)21-6-4-3-5-20(21)22(24(25)27)15-17-9-13-19(28-2)14-10-17/h3-15H,1-2H3. The van der Waals surface area contributed by atoms with Gasteiger partial charge in [-0.15, -0.1) is 0 Å². The van der Waals surface area contributed by atoms with Gasteiger partial charge in [-0.2, -0.15) is 0 Å². The van der Waals surface area contributed by atoms with Crippen molar-refractivity contribution < 1.29 is 14.3 Å². The molecule has 138 valence electrons. The maximum absolute atomic E-state index is 13.3. The lowest BCUT2D eigenvalue weighted by Crippen LogP contribution is -2.41. The molecule has 0 radical (unpaired) electrons. The molecule has 3 aromatic carbocycles. The van der Waals surface area contributed by atoms with E-state index < -0.39 is 0 Å². The Morgan fingerprint density at radius 2 is 1.43 bits per heavy atom. The molecule has 28 heavy (non-hydrogen) atoms. The minimum absolute atomic E-state index is 0.309. The number of nitrogens with zero attached hydrogens (tertiary/aromatic N) is 1. The topological polar surface area (TPSA) is 46.6 Å². The number of hydrogen-bond acceptors (Lipinski definition) is 3. The van der Waals surface area contributed by atoms with Crippen LogP contribution in [-0.4, -0.2) is 18.9 Å². The molecule has 2 amide bonds. The number of anilines is 1. The number of methoxy groups -OCH3 is 1. The average Bonchev–Trinajstić information content (AvgIpc) is 2.73. The predicted octanol–water partition coefficient (Wildman–Crippen LogP) is 4.73. The molecule has 0 N–H and O–H groups in total. The Labute approximate surface area is 163 Å². The first-order valence-corrected chi connectivity index (χ1v) is 8.99. The Bertz CT molecular complexity index is 1080. The van der Waals surface area contributed by atoms with E-state index in [4.69, 9.17) is 4.74 Å². The van der Waals surface area contributed by atoms with Crippen molar-refractivity contribution in [3.05, 3.63) is 95.1 Å².